The molecule has 0 saturated carbocycles. The number of anilines is 1. The van der Waals surface area contributed by atoms with Crippen LogP contribution in [0.5, 0.6) is 0 Å². The second kappa shape index (κ2) is 5.26. The number of aromatic amines is 1. The summed E-state index contributed by atoms with van der Waals surface area (Å²) in [6.07, 6.45) is 0. The predicted molar refractivity (Wildman–Crippen MR) is 77.9 cm³/mol. The first kappa shape index (κ1) is 13.3. The van der Waals surface area contributed by atoms with E-state index >= 15 is 0 Å². The van der Waals surface area contributed by atoms with Crippen molar-refractivity contribution in [1.82, 2.24) is 4.98 Å². The topological polar surface area (TPSA) is 62.0 Å². The molecule has 2 N–H and O–H groups in total. The van der Waals surface area contributed by atoms with E-state index in [1.165, 1.54) is 6.92 Å². The van der Waals surface area contributed by atoms with E-state index in [0.29, 0.717) is 23.7 Å². The second-order valence-corrected chi connectivity index (χ2v) is 5.08. The van der Waals surface area contributed by atoms with E-state index in [4.69, 9.17) is 0 Å². The molecule has 0 atom stereocenters. The van der Waals surface area contributed by atoms with Crippen LogP contribution in [0.15, 0.2) is 29.1 Å². The average Bonchev–Trinajstić information content (AvgIpc) is 2.36. The van der Waals surface area contributed by atoms with Crippen LogP contribution in [0.4, 0.5) is 5.82 Å². The largest absolute Gasteiger partial charge is 0.371 e. The molecule has 0 amide bonds. The number of rotatable bonds is 4. The smallest absolute Gasteiger partial charge is 0.202 e. The van der Waals surface area contributed by atoms with Crippen molar-refractivity contribution in [2.45, 2.75) is 20.8 Å². The monoisotopic (exact) mass is 258 g/mol. The predicted octanol–water partition coefficient (Wildman–Crippen LogP) is 2.80. The van der Waals surface area contributed by atoms with Crippen molar-refractivity contribution in [3.8, 4) is 0 Å². The third-order valence-corrected chi connectivity index (χ3v) is 2.95. The molecule has 19 heavy (non-hydrogen) atoms. The molecule has 100 valence electrons. The summed E-state index contributed by atoms with van der Waals surface area (Å²) in [6, 6.07) is 7.22. The summed E-state index contributed by atoms with van der Waals surface area (Å²) in [5.41, 5.74) is 0.733. The maximum atomic E-state index is 12.4. The molecule has 0 saturated heterocycles. The molecule has 0 fully saturated rings. The van der Waals surface area contributed by atoms with Crippen molar-refractivity contribution in [2.75, 3.05) is 11.9 Å². The molecule has 0 aliphatic rings. The van der Waals surface area contributed by atoms with Gasteiger partial charge in [-0.3, -0.25) is 9.59 Å². The van der Waals surface area contributed by atoms with Crippen molar-refractivity contribution in [1.29, 1.82) is 0 Å². The van der Waals surface area contributed by atoms with Crippen molar-refractivity contribution < 1.29 is 4.79 Å². The molecule has 0 unspecified atom stereocenters. The van der Waals surface area contributed by atoms with Crippen LogP contribution in [-0.2, 0) is 0 Å². The van der Waals surface area contributed by atoms with E-state index < -0.39 is 0 Å². The molecule has 2 rings (SSSR count). The number of carbonyl (C=O) groups is 1. The first-order valence-corrected chi connectivity index (χ1v) is 6.40. The lowest BCUT2D eigenvalue weighted by Gasteiger charge is -2.13. The minimum Gasteiger partial charge on any atom is -0.371 e. The van der Waals surface area contributed by atoms with Gasteiger partial charge in [-0.05, 0) is 25.0 Å². The molecule has 0 bridgehead atoms. The van der Waals surface area contributed by atoms with Gasteiger partial charge in [-0.1, -0.05) is 26.0 Å². The average molecular weight is 258 g/mol. The van der Waals surface area contributed by atoms with Crippen LogP contribution < -0.4 is 10.7 Å². The summed E-state index contributed by atoms with van der Waals surface area (Å²) in [6.45, 7) is 6.26. The molecule has 0 aliphatic carbocycles. The number of pyridine rings is 1. The van der Waals surface area contributed by atoms with Gasteiger partial charge >= 0.3 is 0 Å². The van der Waals surface area contributed by atoms with E-state index in [-0.39, 0.29) is 16.8 Å². The van der Waals surface area contributed by atoms with Gasteiger partial charge in [0.1, 0.15) is 11.4 Å². The van der Waals surface area contributed by atoms with Gasteiger partial charge in [0.15, 0.2) is 5.78 Å². The summed E-state index contributed by atoms with van der Waals surface area (Å²) in [5.74, 6) is 0.720. The quantitative estimate of drug-likeness (QED) is 0.829. The maximum Gasteiger partial charge on any atom is 0.202 e. The number of benzene rings is 1. The Hall–Kier alpha value is -2.10. The Balaban J connectivity index is 2.63. The molecular weight excluding hydrogens is 240 g/mol. The molecule has 0 radical (unpaired) electrons. The Morgan fingerprint density at radius 3 is 2.63 bits per heavy atom. The van der Waals surface area contributed by atoms with Gasteiger partial charge in [-0.15, -0.1) is 0 Å². The molecule has 0 aliphatic heterocycles. The van der Waals surface area contributed by atoms with Gasteiger partial charge in [0, 0.05) is 11.9 Å². The summed E-state index contributed by atoms with van der Waals surface area (Å²) < 4.78 is 0. The third kappa shape index (κ3) is 2.67. The van der Waals surface area contributed by atoms with Gasteiger partial charge in [-0.25, -0.2) is 0 Å². The molecule has 1 aromatic heterocycles. The highest BCUT2D eigenvalue weighted by Gasteiger charge is 2.15. The molecule has 1 heterocycles. The zero-order chi connectivity index (χ0) is 14.0. The van der Waals surface area contributed by atoms with Crippen LogP contribution >= 0.6 is 0 Å². The molecule has 4 nitrogen and oxygen atoms in total. The molecule has 2 aromatic rings. The summed E-state index contributed by atoms with van der Waals surface area (Å²) in [7, 11) is 0. The standard InChI is InChI=1S/C15H18N2O2/c1-9(2)8-16-15-13(10(3)18)14(19)11-6-4-5-7-12(11)17-15/h4-7,9H,8H2,1-3H3,(H2,16,17,19). The SMILES string of the molecule is CC(=O)c1c(NCC(C)C)[nH]c2ccccc2c1=O. The van der Waals surface area contributed by atoms with Crippen LogP contribution in [0.2, 0.25) is 0 Å². The third-order valence-electron chi connectivity index (χ3n) is 2.95. The Morgan fingerprint density at radius 2 is 2.00 bits per heavy atom. The zero-order valence-corrected chi connectivity index (χ0v) is 11.4. The Morgan fingerprint density at radius 1 is 1.32 bits per heavy atom. The zero-order valence-electron chi connectivity index (χ0n) is 11.4. The number of aromatic nitrogens is 1. The van der Waals surface area contributed by atoms with Gasteiger partial charge in [-0.2, -0.15) is 0 Å². The van der Waals surface area contributed by atoms with Gasteiger partial charge < -0.3 is 10.3 Å². The molecule has 4 heteroatoms. The Kier molecular flexibility index (Phi) is 3.69. The lowest BCUT2D eigenvalue weighted by atomic mass is 10.1. The number of hydrogen-bond acceptors (Lipinski definition) is 3. The highest BCUT2D eigenvalue weighted by Crippen LogP contribution is 2.16. The maximum absolute atomic E-state index is 12.4. The molecule has 0 spiro atoms. The lowest BCUT2D eigenvalue weighted by molar-refractivity contribution is 0.101. The number of nitrogens with one attached hydrogen (secondary N) is 2. The number of hydrogen-bond donors (Lipinski definition) is 2. The first-order chi connectivity index (χ1) is 9.00. The number of carbonyl (C=O) groups excluding carboxylic acids is 1. The molecule has 1 aromatic carbocycles. The number of para-hydroxylation sites is 1. The normalized spacial score (nSPS) is 10.9. The number of ketones is 1. The summed E-state index contributed by atoms with van der Waals surface area (Å²) in [4.78, 5) is 27.2. The van der Waals surface area contributed by atoms with Gasteiger partial charge in [0.2, 0.25) is 5.43 Å². The number of fused-ring (bicyclic) bond motifs is 1. The molecular formula is C15H18N2O2. The Labute approximate surface area is 111 Å². The van der Waals surface area contributed by atoms with Crippen molar-refractivity contribution in [3.63, 3.8) is 0 Å². The summed E-state index contributed by atoms with van der Waals surface area (Å²) >= 11 is 0. The number of Topliss-reactive ketones (excluding diaryl/α,β-unsaturated/α-hetero) is 1. The van der Waals surface area contributed by atoms with Crippen LogP contribution in [0.3, 0.4) is 0 Å². The minimum atomic E-state index is -0.224. The van der Waals surface area contributed by atoms with E-state index in [2.05, 4.69) is 24.1 Å². The summed E-state index contributed by atoms with van der Waals surface area (Å²) in [5, 5.41) is 3.69. The van der Waals surface area contributed by atoms with Crippen LogP contribution in [0.1, 0.15) is 31.1 Å². The lowest BCUT2D eigenvalue weighted by Crippen LogP contribution is -2.20. The van der Waals surface area contributed by atoms with Crippen LogP contribution in [0.25, 0.3) is 10.9 Å². The minimum absolute atomic E-state index is 0.208. The van der Waals surface area contributed by atoms with Gasteiger partial charge in [0.05, 0.1) is 5.52 Å². The van der Waals surface area contributed by atoms with E-state index in [9.17, 15) is 9.59 Å². The fraction of sp³-hybridized carbons (Fsp3) is 0.333. The van der Waals surface area contributed by atoms with Crippen LogP contribution in [-0.4, -0.2) is 17.3 Å². The highest BCUT2D eigenvalue weighted by molar-refractivity contribution is 6.02. The van der Waals surface area contributed by atoms with Crippen molar-refractivity contribution >= 4 is 22.5 Å². The Bertz CT molecular complexity index is 671. The fourth-order valence-electron chi connectivity index (χ4n) is 2.01. The van der Waals surface area contributed by atoms with E-state index in [1.54, 1.807) is 12.1 Å². The van der Waals surface area contributed by atoms with E-state index in [0.717, 1.165) is 5.52 Å². The van der Waals surface area contributed by atoms with Gasteiger partial charge in [0.25, 0.3) is 0 Å². The van der Waals surface area contributed by atoms with Crippen LogP contribution in [0, 0.1) is 5.92 Å². The van der Waals surface area contributed by atoms with Crippen molar-refractivity contribution in [2.24, 2.45) is 5.92 Å². The number of H-pyrrole nitrogens is 1. The fourth-order valence-corrected chi connectivity index (χ4v) is 2.01. The van der Waals surface area contributed by atoms with Crippen molar-refractivity contribution in [3.05, 3.63) is 40.1 Å². The highest BCUT2D eigenvalue weighted by atomic mass is 16.1. The second-order valence-electron chi connectivity index (χ2n) is 5.08. The first-order valence-electron chi connectivity index (χ1n) is 6.40. The van der Waals surface area contributed by atoms with E-state index in [1.807, 2.05) is 12.1 Å².